The highest BCUT2D eigenvalue weighted by Gasteiger charge is 2.32. The second-order valence-electron chi connectivity index (χ2n) is 3.79. The molecule has 0 spiro atoms. The summed E-state index contributed by atoms with van der Waals surface area (Å²) < 4.78 is 46.0. The average molecular weight is 304 g/mol. The summed E-state index contributed by atoms with van der Waals surface area (Å²) in [5.74, 6) is -0.372. The van der Waals surface area contributed by atoms with Crippen LogP contribution in [0.15, 0.2) is 42.5 Å². The number of hydrogen-bond acceptors (Lipinski definition) is 3. The predicted molar refractivity (Wildman–Crippen MR) is 69.1 cm³/mol. The molecular weight excluding hydrogens is 295 g/mol. The number of benzene rings is 2. The zero-order valence-corrected chi connectivity index (χ0v) is 10.7. The molecule has 7 heteroatoms. The Hall–Kier alpha value is -2.08. The first kappa shape index (κ1) is 14.3. The number of para-hydroxylation sites is 2. The smallest absolute Gasteiger partial charge is 0.452 e. The number of anilines is 1. The number of rotatable bonds is 3. The minimum absolute atomic E-state index is 0.100. The van der Waals surface area contributed by atoms with Crippen molar-refractivity contribution in [2.24, 2.45) is 0 Å². The Kier molecular flexibility index (Phi) is 3.94. The van der Waals surface area contributed by atoms with Gasteiger partial charge in [-0.05, 0) is 30.3 Å². The van der Waals surface area contributed by atoms with Crippen molar-refractivity contribution in [3.05, 3.63) is 47.5 Å². The van der Waals surface area contributed by atoms with Gasteiger partial charge >= 0.3 is 6.36 Å². The lowest BCUT2D eigenvalue weighted by Gasteiger charge is -2.14. The third-order valence-corrected chi connectivity index (χ3v) is 2.55. The van der Waals surface area contributed by atoms with Gasteiger partial charge in [0.2, 0.25) is 0 Å². The van der Waals surface area contributed by atoms with E-state index in [0.29, 0.717) is 5.69 Å². The molecule has 2 aromatic rings. The lowest BCUT2D eigenvalue weighted by atomic mass is 10.3. The van der Waals surface area contributed by atoms with Crippen LogP contribution in [0, 0.1) is 0 Å². The quantitative estimate of drug-likeness (QED) is 0.842. The third kappa shape index (κ3) is 3.71. The van der Waals surface area contributed by atoms with Gasteiger partial charge in [0, 0.05) is 5.69 Å². The number of ether oxygens (including phenoxy) is 2. The highest BCUT2D eigenvalue weighted by molar-refractivity contribution is 6.32. The van der Waals surface area contributed by atoms with Gasteiger partial charge in [-0.1, -0.05) is 23.7 Å². The monoisotopic (exact) mass is 303 g/mol. The summed E-state index contributed by atoms with van der Waals surface area (Å²) >= 11 is 5.90. The van der Waals surface area contributed by atoms with Crippen LogP contribution in [0.1, 0.15) is 0 Å². The van der Waals surface area contributed by atoms with Crippen LogP contribution in [-0.4, -0.2) is 6.36 Å². The molecule has 2 aromatic carbocycles. The Morgan fingerprint density at radius 3 is 2.20 bits per heavy atom. The Bertz CT molecular complexity index is 617. The number of nitrogens with two attached hydrogens (primary N) is 1. The lowest BCUT2D eigenvalue weighted by Crippen LogP contribution is -2.17. The molecule has 0 saturated carbocycles. The van der Waals surface area contributed by atoms with Crippen LogP contribution < -0.4 is 15.2 Å². The summed E-state index contributed by atoms with van der Waals surface area (Å²) in [7, 11) is 0. The Labute approximate surface area is 117 Å². The first-order chi connectivity index (χ1) is 9.35. The molecule has 0 radical (unpaired) electrons. The molecule has 0 aliphatic carbocycles. The number of halogens is 4. The van der Waals surface area contributed by atoms with Crippen LogP contribution >= 0.6 is 11.6 Å². The molecule has 0 fully saturated rings. The van der Waals surface area contributed by atoms with Gasteiger partial charge in [-0.25, -0.2) is 0 Å². The molecule has 0 saturated heterocycles. The molecule has 0 aliphatic rings. The third-order valence-electron chi connectivity index (χ3n) is 2.25. The SMILES string of the molecule is Nc1ccc(Oc2ccccc2OC(F)(F)F)c(Cl)c1. The first-order valence-corrected chi connectivity index (χ1v) is 5.80. The number of nitrogen functional groups attached to an aromatic ring is 1. The predicted octanol–water partition coefficient (Wildman–Crippen LogP) is 4.61. The van der Waals surface area contributed by atoms with Gasteiger partial charge in [0.1, 0.15) is 5.75 Å². The summed E-state index contributed by atoms with van der Waals surface area (Å²) in [5, 5.41) is 0.187. The topological polar surface area (TPSA) is 44.5 Å². The molecule has 0 unspecified atom stereocenters. The summed E-state index contributed by atoms with van der Waals surface area (Å²) in [4.78, 5) is 0. The normalized spacial score (nSPS) is 11.2. The van der Waals surface area contributed by atoms with E-state index in [1.54, 1.807) is 0 Å². The van der Waals surface area contributed by atoms with Crippen LogP contribution in [0.25, 0.3) is 0 Å². The van der Waals surface area contributed by atoms with Gasteiger partial charge in [0.25, 0.3) is 0 Å². The molecule has 0 bridgehead atoms. The van der Waals surface area contributed by atoms with Gasteiger partial charge in [0.15, 0.2) is 11.5 Å². The molecule has 0 atom stereocenters. The van der Waals surface area contributed by atoms with Crippen molar-refractivity contribution < 1.29 is 22.6 Å². The van der Waals surface area contributed by atoms with E-state index < -0.39 is 12.1 Å². The van der Waals surface area contributed by atoms with Crippen molar-refractivity contribution in [3.63, 3.8) is 0 Å². The van der Waals surface area contributed by atoms with Gasteiger partial charge < -0.3 is 15.2 Å². The minimum Gasteiger partial charge on any atom is -0.452 e. The Morgan fingerprint density at radius 2 is 1.60 bits per heavy atom. The number of hydrogen-bond donors (Lipinski definition) is 1. The maximum absolute atomic E-state index is 12.3. The minimum atomic E-state index is -4.80. The van der Waals surface area contributed by atoms with E-state index in [4.69, 9.17) is 22.1 Å². The maximum Gasteiger partial charge on any atom is 0.573 e. The van der Waals surface area contributed by atoms with Crippen LogP contribution in [-0.2, 0) is 0 Å². The fraction of sp³-hybridized carbons (Fsp3) is 0.0769. The molecular formula is C13H9ClF3NO2. The fourth-order valence-electron chi connectivity index (χ4n) is 1.46. The maximum atomic E-state index is 12.3. The van der Waals surface area contributed by atoms with Crippen molar-refractivity contribution in [3.8, 4) is 17.2 Å². The summed E-state index contributed by atoms with van der Waals surface area (Å²) in [5.41, 5.74) is 5.94. The lowest BCUT2D eigenvalue weighted by molar-refractivity contribution is -0.275. The average Bonchev–Trinajstić information content (AvgIpc) is 2.33. The van der Waals surface area contributed by atoms with Crippen LogP contribution in [0.2, 0.25) is 5.02 Å². The van der Waals surface area contributed by atoms with E-state index >= 15 is 0 Å². The standard InChI is InChI=1S/C13H9ClF3NO2/c14-9-7-8(18)5-6-10(9)19-11-3-1-2-4-12(11)20-13(15,16)17/h1-7H,18H2. The van der Waals surface area contributed by atoms with Crippen molar-refractivity contribution in [2.75, 3.05) is 5.73 Å². The van der Waals surface area contributed by atoms with Gasteiger partial charge in [0.05, 0.1) is 5.02 Å². The van der Waals surface area contributed by atoms with Gasteiger partial charge in [-0.3, -0.25) is 0 Å². The summed E-state index contributed by atoms with van der Waals surface area (Å²) in [6.07, 6.45) is -4.80. The molecule has 0 heterocycles. The van der Waals surface area contributed by atoms with Crippen molar-refractivity contribution in [1.29, 1.82) is 0 Å². The molecule has 106 valence electrons. The highest BCUT2D eigenvalue weighted by Crippen LogP contribution is 2.37. The molecule has 0 amide bonds. The van der Waals surface area contributed by atoms with E-state index in [-0.39, 0.29) is 16.5 Å². The second-order valence-corrected chi connectivity index (χ2v) is 4.19. The number of alkyl halides is 3. The zero-order chi connectivity index (χ0) is 14.8. The van der Waals surface area contributed by atoms with Gasteiger partial charge in [-0.2, -0.15) is 0 Å². The van der Waals surface area contributed by atoms with E-state index in [2.05, 4.69) is 4.74 Å². The van der Waals surface area contributed by atoms with Crippen LogP contribution in [0.5, 0.6) is 17.2 Å². The molecule has 2 N–H and O–H groups in total. The van der Waals surface area contributed by atoms with Crippen LogP contribution in [0.4, 0.5) is 18.9 Å². The fourth-order valence-corrected chi connectivity index (χ4v) is 1.69. The molecule has 0 aromatic heterocycles. The van der Waals surface area contributed by atoms with E-state index in [1.165, 1.54) is 36.4 Å². The van der Waals surface area contributed by atoms with E-state index in [0.717, 1.165) is 6.07 Å². The Morgan fingerprint density at radius 1 is 0.950 bits per heavy atom. The van der Waals surface area contributed by atoms with Crippen LogP contribution in [0.3, 0.4) is 0 Å². The van der Waals surface area contributed by atoms with E-state index in [1.807, 2.05) is 0 Å². The highest BCUT2D eigenvalue weighted by atomic mass is 35.5. The zero-order valence-electron chi connectivity index (χ0n) is 9.95. The second kappa shape index (κ2) is 5.50. The molecule has 0 aliphatic heterocycles. The molecule has 2 rings (SSSR count). The van der Waals surface area contributed by atoms with Crippen molar-refractivity contribution in [2.45, 2.75) is 6.36 Å². The summed E-state index contributed by atoms with van der Waals surface area (Å²) in [6.45, 7) is 0. The van der Waals surface area contributed by atoms with Crippen molar-refractivity contribution >= 4 is 17.3 Å². The first-order valence-electron chi connectivity index (χ1n) is 5.43. The molecule has 20 heavy (non-hydrogen) atoms. The van der Waals surface area contributed by atoms with Gasteiger partial charge in [-0.15, -0.1) is 13.2 Å². The van der Waals surface area contributed by atoms with Crippen molar-refractivity contribution in [1.82, 2.24) is 0 Å². The van der Waals surface area contributed by atoms with E-state index in [9.17, 15) is 13.2 Å². The largest absolute Gasteiger partial charge is 0.573 e. The Balaban J connectivity index is 2.29. The molecule has 3 nitrogen and oxygen atoms in total. The summed E-state index contributed by atoms with van der Waals surface area (Å²) in [6, 6.07) is 9.82.